The number of rotatable bonds is 6. The average Bonchev–Trinajstić information content (AvgIpc) is 2.52. The fourth-order valence-corrected chi connectivity index (χ4v) is 3.03. The van der Waals surface area contributed by atoms with Crippen molar-refractivity contribution >= 4 is 0 Å². The van der Waals surface area contributed by atoms with Gasteiger partial charge >= 0.3 is 6.01 Å². The number of aromatic nitrogens is 2. The predicted molar refractivity (Wildman–Crippen MR) is 84.4 cm³/mol. The highest BCUT2D eigenvalue weighted by Gasteiger charge is 2.29. The van der Waals surface area contributed by atoms with Crippen LogP contribution in [0.15, 0.2) is 12.3 Å². The van der Waals surface area contributed by atoms with E-state index in [0.29, 0.717) is 24.1 Å². The largest absolute Gasteiger partial charge is 0.467 e. The van der Waals surface area contributed by atoms with Gasteiger partial charge in [-0.25, -0.2) is 4.98 Å². The Kier molecular flexibility index (Phi) is 5.94. The third kappa shape index (κ3) is 4.38. The molecule has 1 heterocycles. The maximum atomic E-state index is 5.08. The van der Waals surface area contributed by atoms with Gasteiger partial charge in [-0.2, -0.15) is 4.98 Å². The molecule has 1 fully saturated rings. The van der Waals surface area contributed by atoms with E-state index >= 15 is 0 Å². The van der Waals surface area contributed by atoms with Crippen LogP contribution in [0.4, 0.5) is 0 Å². The van der Waals surface area contributed by atoms with Gasteiger partial charge in [0.2, 0.25) is 0 Å². The first-order valence-electron chi connectivity index (χ1n) is 7.93. The van der Waals surface area contributed by atoms with Gasteiger partial charge in [-0.3, -0.25) is 4.90 Å². The molecule has 0 saturated heterocycles. The van der Waals surface area contributed by atoms with Crippen LogP contribution in [-0.2, 0) is 6.54 Å². The fourth-order valence-electron chi connectivity index (χ4n) is 3.03. The molecule has 0 radical (unpaired) electrons. The average molecular weight is 292 g/mol. The molecular formula is C16H28N4O. The van der Waals surface area contributed by atoms with E-state index in [2.05, 4.69) is 41.1 Å². The molecular weight excluding hydrogens is 264 g/mol. The van der Waals surface area contributed by atoms with Crippen LogP contribution in [0.1, 0.15) is 45.2 Å². The summed E-state index contributed by atoms with van der Waals surface area (Å²) in [5, 5.41) is 3.69. The van der Waals surface area contributed by atoms with Crippen molar-refractivity contribution in [1.82, 2.24) is 20.2 Å². The van der Waals surface area contributed by atoms with E-state index in [-0.39, 0.29) is 0 Å². The molecule has 1 aromatic rings. The van der Waals surface area contributed by atoms with Gasteiger partial charge in [-0.1, -0.05) is 12.8 Å². The minimum atomic E-state index is 0.439. The van der Waals surface area contributed by atoms with Crippen LogP contribution in [-0.4, -0.2) is 47.2 Å². The molecule has 1 saturated carbocycles. The Bertz CT molecular complexity index is 438. The monoisotopic (exact) mass is 292 g/mol. The summed E-state index contributed by atoms with van der Waals surface area (Å²) in [6.07, 6.45) is 6.92. The molecule has 21 heavy (non-hydrogen) atoms. The molecule has 1 aliphatic carbocycles. The Labute approximate surface area is 128 Å². The predicted octanol–water partition coefficient (Wildman–Crippen LogP) is 2.23. The second kappa shape index (κ2) is 7.71. The van der Waals surface area contributed by atoms with Crippen LogP contribution >= 0.6 is 0 Å². The molecule has 0 amide bonds. The topological polar surface area (TPSA) is 50.3 Å². The van der Waals surface area contributed by atoms with Crippen molar-refractivity contribution in [1.29, 1.82) is 0 Å². The highest BCUT2D eigenvalue weighted by molar-refractivity contribution is 5.05. The van der Waals surface area contributed by atoms with E-state index in [9.17, 15) is 0 Å². The molecule has 0 aliphatic heterocycles. The Balaban J connectivity index is 1.95. The number of hydrogen-bond donors (Lipinski definition) is 1. The Morgan fingerprint density at radius 3 is 2.86 bits per heavy atom. The molecule has 0 aromatic carbocycles. The zero-order valence-electron chi connectivity index (χ0n) is 13.7. The second-order valence-electron chi connectivity index (χ2n) is 6.13. The summed E-state index contributed by atoms with van der Waals surface area (Å²) in [6, 6.07) is 4.11. The van der Waals surface area contributed by atoms with Crippen LogP contribution < -0.4 is 10.1 Å². The fraction of sp³-hybridized carbons (Fsp3) is 0.750. The van der Waals surface area contributed by atoms with Crippen LogP contribution in [0.2, 0.25) is 0 Å². The molecule has 5 heteroatoms. The summed E-state index contributed by atoms with van der Waals surface area (Å²) >= 11 is 0. The molecule has 2 rings (SSSR count). The number of nitrogens with zero attached hydrogens (tertiary/aromatic N) is 3. The highest BCUT2D eigenvalue weighted by atomic mass is 16.5. The molecule has 118 valence electrons. The zero-order chi connectivity index (χ0) is 15.2. The summed E-state index contributed by atoms with van der Waals surface area (Å²) in [7, 11) is 3.84. The highest BCUT2D eigenvalue weighted by Crippen LogP contribution is 2.24. The maximum Gasteiger partial charge on any atom is 0.316 e. The van der Waals surface area contributed by atoms with Gasteiger partial charge in [0, 0.05) is 30.9 Å². The van der Waals surface area contributed by atoms with Crippen molar-refractivity contribution in [2.24, 2.45) is 0 Å². The lowest BCUT2D eigenvalue weighted by Crippen LogP contribution is -2.52. The SMILES string of the molecule is COc1nccc(CNC2CCCCC2N(C)C(C)C)n1. The molecule has 0 spiro atoms. The number of nitrogens with one attached hydrogen (secondary N) is 1. The van der Waals surface area contributed by atoms with Crippen LogP contribution in [0.5, 0.6) is 6.01 Å². The van der Waals surface area contributed by atoms with Crippen molar-refractivity contribution in [3.05, 3.63) is 18.0 Å². The Morgan fingerprint density at radius 2 is 2.14 bits per heavy atom. The summed E-state index contributed by atoms with van der Waals surface area (Å²) in [5.41, 5.74) is 0.985. The van der Waals surface area contributed by atoms with Gasteiger partial charge in [0.25, 0.3) is 0 Å². The van der Waals surface area contributed by atoms with Crippen LogP contribution in [0.3, 0.4) is 0 Å². The Morgan fingerprint density at radius 1 is 1.38 bits per heavy atom. The van der Waals surface area contributed by atoms with E-state index < -0.39 is 0 Å². The van der Waals surface area contributed by atoms with Crippen molar-refractivity contribution in [2.75, 3.05) is 14.2 Å². The summed E-state index contributed by atoms with van der Waals surface area (Å²) in [4.78, 5) is 10.9. The van der Waals surface area contributed by atoms with Crippen LogP contribution in [0.25, 0.3) is 0 Å². The molecule has 1 aliphatic rings. The smallest absolute Gasteiger partial charge is 0.316 e. The van der Waals surface area contributed by atoms with Crippen molar-refractivity contribution in [3.63, 3.8) is 0 Å². The number of hydrogen-bond acceptors (Lipinski definition) is 5. The number of methoxy groups -OCH3 is 1. The van der Waals surface area contributed by atoms with Crippen molar-refractivity contribution in [3.8, 4) is 6.01 Å². The molecule has 0 bridgehead atoms. The molecule has 2 atom stereocenters. The quantitative estimate of drug-likeness (QED) is 0.871. The first-order valence-corrected chi connectivity index (χ1v) is 7.93. The van der Waals surface area contributed by atoms with Gasteiger partial charge in [0.05, 0.1) is 12.8 Å². The van der Waals surface area contributed by atoms with E-state index in [1.807, 2.05) is 6.07 Å². The normalized spacial score (nSPS) is 22.8. The van der Waals surface area contributed by atoms with E-state index in [4.69, 9.17) is 4.74 Å². The van der Waals surface area contributed by atoms with E-state index in [0.717, 1.165) is 12.2 Å². The maximum absolute atomic E-state index is 5.08. The van der Waals surface area contributed by atoms with E-state index in [1.54, 1.807) is 13.3 Å². The van der Waals surface area contributed by atoms with Gasteiger partial charge < -0.3 is 10.1 Å². The minimum absolute atomic E-state index is 0.439. The van der Waals surface area contributed by atoms with Crippen molar-refractivity contribution in [2.45, 2.75) is 64.2 Å². The lowest BCUT2D eigenvalue weighted by molar-refractivity contribution is 0.119. The Hall–Kier alpha value is -1.20. The first-order chi connectivity index (χ1) is 10.1. The minimum Gasteiger partial charge on any atom is -0.467 e. The first kappa shape index (κ1) is 16.2. The number of likely N-dealkylation sites (N-methyl/N-ethyl adjacent to an activating group) is 1. The van der Waals surface area contributed by atoms with Gasteiger partial charge in [0.1, 0.15) is 0 Å². The van der Waals surface area contributed by atoms with Gasteiger partial charge in [-0.05, 0) is 39.8 Å². The standard InChI is InChI=1S/C16H28N4O/c1-12(2)20(3)15-8-6-5-7-14(15)18-11-13-9-10-17-16(19-13)21-4/h9-10,12,14-15,18H,5-8,11H2,1-4H3. The lowest BCUT2D eigenvalue weighted by Gasteiger charge is -2.40. The lowest BCUT2D eigenvalue weighted by atomic mass is 9.88. The van der Waals surface area contributed by atoms with Gasteiger partial charge in [-0.15, -0.1) is 0 Å². The third-order valence-corrected chi connectivity index (χ3v) is 4.49. The van der Waals surface area contributed by atoms with Gasteiger partial charge in [0.15, 0.2) is 0 Å². The van der Waals surface area contributed by atoms with Crippen molar-refractivity contribution < 1.29 is 4.74 Å². The molecule has 1 aromatic heterocycles. The third-order valence-electron chi connectivity index (χ3n) is 4.49. The second-order valence-corrected chi connectivity index (χ2v) is 6.13. The van der Waals surface area contributed by atoms with E-state index in [1.165, 1.54) is 25.7 Å². The summed E-state index contributed by atoms with van der Waals surface area (Å²) in [5.74, 6) is 0. The molecule has 2 unspecified atom stereocenters. The summed E-state index contributed by atoms with van der Waals surface area (Å²) < 4.78 is 5.08. The van der Waals surface area contributed by atoms with Crippen LogP contribution in [0, 0.1) is 0 Å². The zero-order valence-corrected chi connectivity index (χ0v) is 13.7. The molecule has 1 N–H and O–H groups in total. The number of ether oxygens (including phenoxy) is 1. The summed E-state index contributed by atoms with van der Waals surface area (Å²) in [6.45, 7) is 5.30. The molecule has 5 nitrogen and oxygen atoms in total.